The highest BCUT2D eigenvalue weighted by Gasteiger charge is 2.14. The lowest BCUT2D eigenvalue weighted by Crippen LogP contribution is -2.33. The van der Waals surface area contributed by atoms with Gasteiger partial charge in [-0.15, -0.1) is 0 Å². The second-order valence-electron chi connectivity index (χ2n) is 4.80. The standard InChI is InChI=1S/C14H21FN2O2/c1-10(5-4-8-18)16-14(19)12-7-6-11(17(2)3)9-13(12)15/h6-7,9-10,18H,4-5,8H2,1-3H3,(H,16,19). The number of hydrogen-bond acceptors (Lipinski definition) is 3. The summed E-state index contributed by atoms with van der Waals surface area (Å²) < 4.78 is 13.8. The molecule has 1 rings (SSSR count). The molecule has 1 atom stereocenters. The molecule has 1 unspecified atom stereocenters. The summed E-state index contributed by atoms with van der Waals surface area (Å²) in [6.45, 7) is 1.92. The molecule has 19 heavy (non-hydrogen) atoms. The van der Waals surface area contributed by atoms with E-state index in [-0.39, 0.29) is 18.2 Å². The van der Waals surface area contributed by atoms with Crippen LogP contribution in [0.2, 0.25) is 0 Å². The van der Waals surface area contributed by atoms with Crippen LogP contribution in [-0.4, -0.2) is 37.8 Å². The Bertz CT molecular complexity index is 435. The summed E-state index contributed by atoms with van der Waals surface area (Å²) in [5, 5.41) is 11.4. The van der Waals surface area contributed by atoms with Crippen LogP contribution in [0.1, 0.15) is 30.1 Å². The number of anilines is 1. The predicted molar refractivity (Wildman–Crippen MR) is 74.0 cm³/mol. The summed E-state index contributed by atoms with van der Waals surface area (Å²) in [4.78, 5) is 13.7. The number of nitrogens with zero attached hydrogens (tertiary/aromatic N) is 1. The normalized spacial score (nSPS) is 12.1. The van der Waals surface area contributed by atoms with E-state index < -0.39 is 11.7 Å². The van der Waals surface area contributed by atoms with Crippen LogP contribution in [0, 0.1) is 5.82 Å². The fraction of sp³-hybridized carbons (Fsp3) is 0.500. The van der Waals surface area contributed by atoms with Crippen LogP contribution < -0.4 is 10.2 Å². The van der Waals surface area contributed by atoms with Gasteiger partial charge < -0.3 is 15.3 Å². The first-order chi connectivity index (χ1) is 8.95. The smallest absolute Gasteiger partial charge is 0.254 e. The second-order valence-corrected chi connectivity index (χ2v) is 4.80. The number of benzene rings is 1. The maximum Gasteiger partial charge on any atom is 0.254 e. The quantitative estimate of drug-likeness (QED) is 0.827. The summed E-state index contributed by atoms with van der Waals surface area (Å²) in [6, 6.07) is 4.44. The van der Waals surface area contributed by atoms with Crippen molar-refractivity contribution in [3.63, 3.8) is 0 Å². The summed E-state index contributed by atoms with van der Waals surface area (Å²) in [5.74, 6) is -0.952. The van der Waals surface area contributed by atoms with Crippen molar-refractivity contribution in [2.45, 2.75) is 25.8 Å². The average molecular weight is 268 g/mol. The van der Waals surface area contributed by atoms with Crippen LogP contribution in [0.25, 0.3) is 0 Å². The molecule has 2 N–H and O–H groups in total. The Morgan fingerprint density at radius 2 is 2.16 bits per heavy atom. The highest BCUT2D eigenvalue weighted by molar-refractivity contribution is 5.95. The maximum absolute atomic E-state index is 13.8. The Hall–Kier alpha value is -1.62. The molecule has 0 radical (unpaired) electrons. The molecule has 1 aromatic carbocycles. The summed E-state index contributed by atoms with van der Waals surface area (Å²) in [6.07, 6.45) is 1.28. The summed E-state index contributed by atoms with van der Waals surface area (Å²) in [7, 11) is 3.62. The average Bonchev–Trinajstić information content (AvgIpc) is 2.35. The highest BCUT2D eigenvalue weighted by Crippen LogP contribution is 2.16. The number of nitrogens with one attached hydrogen (secondary N) is 1. The number of hydrogen-bond donors (Lipinski definition) is 2. The van der Waals surface area contributed by atoms with Crippen LogP contribution in [0.4, 0.5) is 10.1 Å². The van der Waals surface area contributed by atoms with Gasteiger partial charge in [-0.3, -0.25) is 4.79 Å². The van der Waals surface area contributed by atoms with Crippen molar-refractivity contribution in [3.8, 4) is 0 Å². The van der Waals surface area contributed by atoms with Crippen LogP contribution >= 0.6 is 0 Å². The molecule has 0 fully saturated rings. The number of halogens is 1. The number of carbonyl (C=O) groups is 1. The zero-order valence-corrected chi connectivity index (χ0v) is 11.6. The van der Waals surface area contributed by atoms with Crippen molar-refractivity contribution >= 4 is 11.6 Å². The molecule has 1 aromatic rings. The molecule has 0 aliphatic heterocycles. The van der Waals surface area contributed by atoms with Gasteiger partial charge in [0, 0.05) is 32.4 Å². The van der Waals surface area contributed by atoms with E-state index in [1.165, 1.54) is 12.1 Å². The minimum Gasteiger partial charge on any atom is -0.396 e. The number of amides is 1. The largest absolute Gasteiger partial charge is 0.396 e. The number of aliphatic hydroxyl groups is 1. The lowest BCUT2D eigenvalue weighted by Gasteiger charge is -2.16. The molecule has 0 spiro atoms. The van der Waals surface area contributed by atoms with Crippen molar-refractivity contribution in [2.75, 3.05) is 25.6 Å². The van der Waals surface area contributed by atoms with Crippen LogP contribution in [0.5, 0.6) is 0 Å². The SMILES string of the molecule is CC(CCCO)NC(=O)c1ccc(N(C)C)cc1F. The molecule has 106 valence electrons. The molecule has 0 aliphatic rings. The van der Waals surface area contributed by atoms with Gasteiger partial charge in [0.2, 0.25) is 0 Å². The Morgan fingerprint density at radius 3 is 2.68 bits per heavy atom. The van der Waals surface area contributed by atoms with Crippen molar-refractivity contribution < 1.29 is 14.3 Å². The Morgan fingerprint density at radius 1 is 1.47 bits per heavy atom. The molecular weight excluding hydrogens is 247 g/mol. The third kappa shape index (κ3) is 4.52. The third-order valence-electron chi connectivity index (χ3n) is 2.89. The third-order valence-corrected chi connectivity index (χ3v) is 2.89. The Labute approximate surface area is 113 Å². The van der Waals surface area contributed by atoms with Gasteiger partial charge in [0.15, 0.2) is 0 Å². The van der Waals surface area contributed by atoms with Gasteiger partial charge in [-0.05, 0) is 38.0 Å². The Balaban J connectivity index is 2.72. The molecule has 0 bridgehead atoms. The van der Waals surface area contributed by atoms with E-state index in [0.717, 1.165) is 0 Å². The molecule has 0 saturated carbocycles. The molecule has 0 saturated heterocycles. The molecule has 0 heterocycles. The molecule has 0 aliphatic carbocycles. The fourth-order valence-corrected chi connectivity index (χ4v) is 1.74. The predicted octanol–water partition coefficient (Wildman–Crippen LogP) is 1.78. The van der Waals surface area contributed by atoms with E-state index >= 15 is 0 Å². The van der Waals surface area contributed by atoms with E-state index in [1.54, 1.807) is 11.0 Å². The molecule has 0 aromatic heterocycles. The summed E-state index contributed by atoms with van der Waals surface area (Å²) >= 11 is 0. The zero-order valence-electron chi connectivity index (χ0n) is 11.6. The van der Waals surface area contributed by atoms with Crippen molar-refractivity contribution in [3.05, 3.63) is 29.6 Å². The fourth-order valence-electron chi connectivity index (χ4n) is 1.74. The van der Waals surface area contributed by atoms with Crippen LogP contribution in [0.15, 0.2) is 18.2 Å². The molecule has 5 heteroatoms. The Kier molecular flexibility index (Phi) is 5.76. The van der Waals surface area contributed by atoms with Crippen molar-refractivity contribution in [2.24, 2.45) is 0 Å². The van der Waals surface area contributed by atoms with Gasteiger partial charge >= 0.3 is 0 Å². The first kappa shape index (κ1) is 15.4. The van der Waals surface area contributed by atoms with Crippen molar-refractivity contribution in [1.82, 2.24) is 5.32 Å². The van der Waals surface area contributed by atoms with Gasteiger partial charge in [0.05, 0.1) is 5.56 Å². The van der Waals surface area contributed by atoms with E-state index in [2.05, 4.69) is 5.32 Å². The van der Waals surface area contributed by atoms with E-state index in [1.807, 2.05) is 21.0 Å². The zero-order chi connectivity index (χ0) is 14.4. The van der Waals surface area contributed by atoms with E-state index in [4.69, 9.17) is 5.11 Å². The van der Waals surface area contributed by atoms with Gasteiger partial charge in [0.25, 0.3) is 5.91 Å². The number of carbonyl (C=O) groups excluding carboxylic acids is 1. The minimum atomic E-state index is -0.530. The van der Waals surface area contributed by atoms with Gasteiger partial charge in [-0.2, -0.15) is 0 Å². The van der Waals surface area contributed by atoms with E-state index in [9.17, 15) is 9.18 Å². The van der Waals surface area contributed by atoms with Gasteiger partial charge in [-0.25, -0.2) is 4.39 Å². The topological polar surface area (TPSA) is 52.6 Å². The second kappa shape index (κ2) is 7.09. The van der Waals surface area contributed by atoms with Gasteiger partial charge in [0.1, 0.15) is 5.82 Å². The van der Waals surface area contributed by atoms with Crippen molar-refractivity contribution in [1.29, 1.82) is 0 Å². The molecule has 1 amide bonds. The monoisotopic (exact) mass is 268 g/mol. The molecular formula is C14H21FN2O2. The van der Waals surface area contributed by atoms with Crippen LogP contribution in [-0.2, 0) is 0 Å². The van der Waals surface area contributed by atoms with E-state index in [0.29, 0.717) is 18.5 Å². The maximum atomic E-state index is 13.8. The lowest BCUT2D eigenvalue weighted by molar-refractivity contribution is 0.0932. The molecule has 4 nitrogen and oxygen atoms in total. The van der Waals surface area contributed by atoms with Crippen LogP contribution in [0.3, 0.4) is 0 Å². The van der Waals surface area contributed by atoms with Gasteiger partial charge in [-0.1, -0.05) is 0 Å². The minimum absolute atomic E-state index is 0.0430. The lowest BCUT2D eigenvalue weighted by atomic mass is 10.1. The summed E-state index contributed by atoms with van der Waals surface area (Å²) in [5.41, 5.74) is 0.754. The highest BCUT2D eigenvalue weighted by atomic mass is 19.1. The number of aliphatic hydroxyl groups excluding tert-OH is 1. The first-order valence-corrected chi connectivity index (χ1v) is 6.34. The number of rotatable bonds is 6. The first-order valence-electron chi connectivity index (χ1n) is 6.34.